The number of benzene rings is 1. The molecule has 0 fully saturated rings. The molecule has 2 aliphatic heterocycles. The Morgan fingerprint density at radius 1 is 1.26 bits per heavy atom. The van der Waals surface area contributed by atoms with E-state index < -0.39 is 5.79 Å². The van der Waals surface area contributed by atoms with Gasteiger partial charge in [0, 0.05) is 17.5 Å². The second-order valence-corrected chi connectivity index (χ2v) is 6.35. The van der Waals surface area contributed by atoms with Crippen LogP contribution in [0.1, 0.15) is 25.0 Å². The van der Waals surface area contributed by atoms with Gasteiger partial charge in [-0.05, 0) is 26.0 Å². The van der Waals surface area contributed by atoms with Crippen LogP contribution in [0.3, 0.4) is 0 Å². The summed E-state index contributed by atoms with van der Waals surface area (Å²) in [6.45, 7) is 4.10. The number of ether oxygens (including phenoxy) is 3. The molecule has 19 heavy (non-hydrogen) atoms. The smallest absolute Gasteiger partial charge is 0.286 e. The van der Waals surface area contributed by atoms with E-state index in [1.165, 1.54) is 0 Å². The van der Waals surface area contributed by atoms with Gasteiger partial charge in [-0.2, -0.15) is 0 Å². The Labute approximate surface area is 125 Å². The largest absolute Gasteiger partial charge is 0.486 e. The highest BCUT2D eigenvalue weighted by atomic mass is 79.9. The predicted molar refractivity (Wildman–Crippen MR) is 76.6 cm³/mol. The Morgan fingerprint density at radius 2 is 1.95 bits per heavy atom. The van der Waals surface area contributed by atoms with E-state index in [1.807, 2.05) is 26.0 Å². The van der Waals surface area contributed by atoms with E-state index in [0.717, 1.165) is 23.3 Å². The first-order chi connectivity index (χ1) is 8.96. The van der Waals surface area contributed by atoms with Gasteiger partial charge in [-0.25, -0.2) is 0 Å². The molecule has 1 aromatic carbocycles. The molecule has 0 atom stereocenters. The van der Waals surface area contributed by atoms with Gasteiger partial charge in [0.05, 0.1) is 10.4 Å². The molecule has 5 heteroatoms. The molecule has 0 unspecified atom stereocenters. The van der Waals surface area contributed by atoms with E-state index >= 15 is 0 Å². The summed E-state index contributed by atoms with van der Waals surface area (Å²) >= 11 is 9.76. The Hall–Kier alpha value is -0.870. The number of fused-ring (bicyclic) bond motifs is 1. The highest BCUT2D eigenvalue weighted by Crippen LogP contribution is 2.44. The van der Waals surface area contributed by atoms with E-state index in [9.17, 15) is 0 Å². The van der Waals surface area contributed by atoms with E-state index in [0.29, 0.717) is 10.4 Å². The molecule has 0 spiro atoms. The van der Waals surface area contributed by atoms with E-state index in [2.05, 4.69) is 15.9 Å². The van der Waals surface area contributed by atoms with E-state index in [1.54, 1.807) is 12.5 Å². The van der Waals surface area contributed by atoms with Crippen LogP contribution in [0.5, 0.6) is 5.75 Å². The van der Waals surface area contributed by atoms with Crippen LogP contribution in [-0.2, 0) is 21.7 Å². The Balaban J connectivity index is 2.05. The zero-order valence-corrected chi connectivity index (χ0v) is 13.0. The molecule has 0 N–H and O–H groups in total. The Morgan fingerprint density at radius 3 is 2.58 bits per heavy atom. The maximum atomic E-state index is 6.33. The Bertz CT molecular complexity index is 546. The minimum Gasteiger partial charge on any atom is -0.486 e. The normalized spacial score (nSPS) is 21.5. The van der Waals surface area contributed by atoms with Crippen LogP contribution < -0.4 is 4.74 Å². The lowest BCUT2D eigenvalue weighted by atomic mass is 9.98. The summed E-state index contributed by atoms with van der Waals surface area (Å²) in [5, 5.41) is 1.12. The minimum absolute atomic E-state index is 0.220. The highest BCUT2D eigenvalue weighted by molar-refractivity contribution is 9.09. The fraction of sp³-hybridized carbons (Fsp3) is 0.429. The van der Waals surface area contributed by atoms with Crippen molar-refractivity contribution >= 4 is 27.5 Å². The van der Waals surface area contributed by atoms with Crippen LogP contribution in [0.2, 0.25) is 5.02 Å². The monoisotopic (exact) mass is 344 g/mol. The summed E-state index contributed by atoms with van der Waals surface area (Å²) < 4.78 is 17.1. The van der Waals surface area contributed by atoms with Crippen molar-refractivity contribution in [1.29, 1.82) is 0 Å². The number of hydrogen-bond donors (Lipinski definition) is 0. The van der Waals surface area contributed by atoms with Gasteiger partial charge in [-0.15, -0.1) is 0 Å². The van der Waals surface area contributed by atoms with Crippen molar-refractivity contribution in [2.24, 2.45) is 0 Å². The van der Waals surface area contributed by atoms with Gasteiger partial charge in [-0.3, -0.25) is 0 Å². The summed E-state index contributed by atoms with van der Waals surface area (Å²) in [6.07, 6.45) is 3.91. The summed E-state index contributed by atoms with van der Waals surface area (Å²) in [7, 11) is 0. The third kappa shape index (κ3) is 2.11. The number of rotatable bonds is 2. The maximum Gasteiger partial charge on any atom is 0.286 e. The quantitative estimate of drug-likeness (QED) is 0.755. The first-order valence-corrected chi connectivity index (χ1v) is 7.54. The van der Waals surface area contributed by atoms with Crippen molar-refractivity contribution < 1.29 is 14.2 Å². The van der Waals surface area contributed by atoms with Crippen LogP contribution in [0.15, 0.2) is 24.7 Å². The molecule has 0 saturated carbocycles. The number of halogens is 2. The molecule has 3 nitrogen and oxygen atoms in total. The standard InChI is InChI=1S/C14H14BrClO3/c1-13(2)7-9-5-10(6-11(16)12(9)19-13)14(8-15)17-3-4-18-14/h3-6H,7-8H2,1-2H3. The van der Waals surface area contributed by atoms with Gasteiger partial charge >= 0.3 is 0 Å². The zero-order valence-electron chi connectivity index (χ0n) is 10.7. The van der Waals surface area contributed by atoms with Gasteiger partial charge in [-0.1, -0.05) is 27.5 Å². The molecule has 1 aromatic rings. The molecule has 0 aliphatic carbocycles. The topological polar surface area (TPSA) is 27.7 Å². The third-order valence-electron chi connectivity index (χ3n) is 3.30. The lowest BCUT2D eigenvalue weighted by molar-refractivity contribution is -0.127. The lowest BCUT2D eigenvalue weighted by Gasteiger charge is -2.26. The van der Waals surface area contributed by atoms with Crippen LogP contribution in [0.4, 0.5) is 0 Å². The molecular formula is C14H14BrClO3. The first-order valence-electron chi connectivity index (χ1n) is 6.04. The average Bonchev–Trinajstić information content (AvgIpc) is 2.93. The highest BCUT2D eigenvalue weighted by Gasteiger charge is 2.40. The average molecular weight is 346 g/mol. The van der Waals surface area contributed by atoms with Crippen LogP contribution in [-0.4, -0.2) is 10.9 Å². The van der Waals surface area contributed by atoms with E-state index in [-0.39, 0.29) is 5.60 Å². The van der Waals surface area contributed by atoms with Crippen molar-refractivity contribution in [2.45, 2.75) is 31.7 Å². The fourth-order valence-corrected chi connectivity index (χ4v) is 3.33. The molecular weight excluding hydrogens is 332 g/mol. The van der Waals surface area contributed by atoms with Gasteiger partial charge in [0.1, 0.15) is 23.9 Å². The van der Waals surface area contributed by atoms with Crippen molar-refractivity contribution in [1.82, 2.24) is 0 Å². The Kier molecular flexibility index (Phi) is 2.98. The van der Waals surface area contributed by atoms with E-state index in [4.69, 9.17) is 25.8 Å². The summed E-state index contributed by atoms with van der Waals surface area (Å²) in [5.74, 6) is -0.0584. The summed E-state index contributed by atoms with van der Waals surface area (Å²) in [6, 6.07) is 3.89. The number of hydrogen-bond acceptors (Lipinski definition) is 3. The lowest BCUT2D eigenvalue weighted by Crippen LogP contribution is -2.29. The van der Waals surface area contributed by atoms with Crippen molar-refractivity contribution in [3.63, 3.8) is 0 Å². The van der Waals surface area contributed by atoms with Crippen LogP contribution in [0, 0.1) is 0 Å². The summed E-state index contributed by atoms with van der Waals surface area (Å²) in [4.78, 5) is 0. The molecule has 0 amide bonds. The predicted octanol–water partition coefficient (Wildman–Crippen LogP) is 4.12. The molecule has 0 aromatic heterocycles. The molecule has 2 heterocycles. The molecule has 3 rings (SSSR count). The van der Waals surface area contributed by atoms with Crippen molar-refractivity contribution in [2.75, 3.05) is 5.33 Å². The summed E-state index contributed by atoms with van der Waals surface area (Å²) in [5.41, 5.74) is 1.76. The van der Waals surface area contributed by atoms with Crippen LogP contribution in [0.25, 0.3) is 0 Å². The second kappa shape index (κ2) is 4.32. The molecule has 0 saturated heterocycles. The van der Waals surface area contributed by atoms with Crippen molar-refractivity contribution in [3.8, 4) is 5.75 Å². The fourth-order valence-electron chi connectivity index (χ4n) is 2.47. The molecule has 102 valence electrons. The van der Waals surface area contributed by atoms with Gasteiger partial charge < -0.3 is 14.2 Å². The first kappa shape index (κ1) is 13.1. The zero-order chi connectivity index (χ0) is 13.7. The SMILES string of the molecule is CC1(C)Cc2cc(C3(CBr)OC=CO3)cc(Cl)c2O1. The second-order valence-electron chi connectivity index (χ2n) is 5.38. The van der Waals surface area contributed by atoms with Crippen LogP contribution >= 0.6 is 27.5 Å². The number of alkyl halides is 1. The maximum absolute atomic E-state index is 6.33. The molecule has 0 bridgehead atoms. The third-order valence-corrected chi connectivity index (χ3v) is 4.32. The molecule has 0 radical (unpaired) electrons. The van der Waals surface area contributed by atoms with Gasteiger partial charge in [0.2, 0.25) is 0 Å². The van der Waals surface area contributed by atoms with Crippen molar-refractivity contribution in [3.05, 3.63) is 40.8 Å². The van der Waals surface area contributed by atoms with Gasteiger partial charge in [0.15, 0.2) is 0 Å². The van der Waals surface area contributed by atoms with Gasteiger partial charge in [0.25, 0.3) is 5.79 Å². The molecule has 2 aliphatic rings. The minimum atomic E-state index is -0.828.